The summed E-state index contributed by atoms with van der Waals surface area (Å²) in [6.45, 7) is 4.04. The van der Waals surface area contributed by atoms with Crippen LogP contribution in [0.1, 0.15) is 10.6 Å². The minimum atomic E-state index is 0.582. The maximum Gasteiger partial charge on any atom is 0.0915 e. The number of hydroxylamine groups is 1. The van der Waals surface area contributed by atoms with Crippen molar-refractivity contribution in [2.45, 2.75) is 13.3 Å². The number of thiazole rings is 1. The predicted octanol–water partition coefficient (Wildman–Crippen LogP) is 1.16. The minimum absolute atomic E-state index is 0.582. The van der Waals surface area contributed by atoms with Gasteiger partial charge >= 0.3 is 0 Å². The number of ether oxygens (including phenoxy) is 1. The van der Waals surface area contributed by atoms with Crippen molar-refractivity contribution in [2.24, 2.45) is 0 Å². The largest absolute Gasteiger partial charge is 0.382 e. The molecule has 14 heavy (non-hydrogen) atoms. The van der Waals surface area contributed by atoms with E-state index in [2.05, 4.69) is 10.5 Å². The van der Waals surface area contributed by atoms with Crippen LogP contribution >= 0.6 is 11.3 Å². The standard InChI is InChI=1S/C9H16N2O2S/c1-8-9(14-7-10-8)3-4-11-13-6-5-12-2/h7,11H,3-6H2,1-2H3. The van der Waals surface area contributed by atoms with E-state index in [4.69, 9.17) is 9.57 Å². The molecule has 0 aliphatic heterocycles. The molecule has 1 N–H and O–H groups in total. The Balaban J connectivity index is 2.02. The third kappa shape index (κ3) is 4.15. The molecule has 0 fully saturated rings. The molecule has 0 aliphatic rings. The van der Waals surface area contributed by atoms with Gasteiger partial charge in [-0.1, -0.05) is 0 Å². The molecule has 1 heterocycles. The summed E-state index contributed by atoms with van der Waals surface area (Å²) >= 11 is 1.69. The summed E-state index contributed by atoms with van der Waals surface area (Å²) < 4.78 is 4.84. The van der Waals surface area contributed by atoms with Crippen molar-refractivity contribution in [3.05, 3.63) is 16.1 Å². The Morgan fingerprint density at radius 3 is 3.00 bits per heavy atom. The first-order chi connectivity index (χ1) is 6.84. The SMILES string of the molecule is COCCONCCc1scnc1C. The van der Waals surface area contributed by atoms with Crippen molar-refractivity contribution >= 4 is 11.3 Å². The second-order valence-electron chi connectivity index (χ2n) is 2.85. The summed E-state index contributed by atoms with van der Waals surface area (Å²) in [5.74, 6) is 0. The van der Waals surface area contributed by atoms with Gasteiger partial charge in [0.2, 0.25) is 0 Å². The van der Waals surface area contributed by atoms with Gasteiger partial charge in [0.25, 0.3) is 0 Å². The lowest BCUT2D eigenvalue weighted by Crippen LogP contribution is -2.20. The molecule has 1 rings (SSSR count). The Bertz CT molecular complexity index is 253. The summed E-state index contributed by atoms with van der Waals surface area (Å²) in [5.41, 5.74) is 5.88. The Kier molecular flexibility index (Phi) is 5.70. The lowest BCUT2D eigenvalue weighted by atomic mass is 10.3. The topological polar surface area (TPSA) is 43.4 Å². The Morgan fingerprint density at radius 1 is 1.50 bits per heavy atom. The fourth-order valence-corrected chi connectivity index (χ4v) is 1.78. The van der Waals surface area contributed by atoms with Gasteiger partial charge in [0.1, 0.15) is 0 Å². The first-order valence-electron chi connectivity index (χ1n) is 4.57. The molecule has 80 valence electrons. The molecule has 0 spiro atoms. The normalized spacial score (nSPS) is 10.7. The van der Waals surface area contributed by atoms with E-state index < -0.39 is 0 Å². The van der Waals surface area contributed by atoms with E-state index in [1.165, 1.54) is 4.88 Å². The summed E-state index contributed by atoms with van der Waals surface area (Å²) in [6, 6.07) is 0. The van der Waals surface area contributed by atoms with Gasteiger partial charge in [-0.25, -0.2) is 10.5 Å². The number of methoxy groups -OCH3 is 1. The minimum Gasteiger partial charge on any atom is -0.382 e. The average Bonchev–Trinajstić information content (AvgIpc) is 2.58. The Labute approximate surface area is 88.2 Å². The highest BCUT2D eigenvalue weighted by Crippen LogP contribution is 2.11. The summed E-state index contributed by atoms with van der Waals surface area (Å²) in [6.07, 6.45) is 0.962. The van der Waals surface area contributed by atoms with Crippen molar-refractivity contribution in [3.63, 3.8) is 0 Å². The van der Waals surface area contributed by atoms with Crippen LogP contribution in [-0.4, -0.2) is 31.9 Å². The van der Waals surface area contributed by atoms with E-state index in [1.807, 2.05) is 12.4 Å². The Hall–Kier alpha value is -0.490. The van der Waals surface area contributed by atoms with Crippen molar-refractivity contribution in [3.8, 4) is 0 Å². The van der Waals surface area contributed by atoms with Crippen LogP contribution in [0, 0.1) is 6.92 Å². The molecule has 1 aromatic rings. The van der Waals surface area contributed by atoms with Gasteiger partial charge in [0.15, 0.2) is 0 Å². The van der Waals surface area contributed by atoms with Crippen LogP contribution in [-0.2, 0) is 16.0 Å². The molecular formula is C9H16N2O2S. The lowest BCUT2D eigenvalue weighted by Gasteiger charge is -2.04. The van der Waals surface area contributed by atoms with E-state index >= 15 is 0 Å². The van der Waals surface area contributed by atoms with E-state index in [0.717, 1.165) is 18.7 Å². The number of rotatable bonds is 7. The lowest BCUT2D eigenvalue weighted by molar-refractivity contribution is 0.00766. The van der Waals surface area contributed by atoms with Crippen LogP contribution in [0.25, 0.3) is 0 Å². The second kappa shape index (κ2) is 6.89. The highest BCUT2D eigenvalue weighted by molar-refractivity contribution is 7.09. The first kappa shape index (κ1) is 11.6. The molecule has 0 saturated carbocycles. The number of nitrogens with one attached hydrogen (secondary N) is 1. The number of hydrogen-bond donors (Lipinski definition) is 1. The molecule has 5 heteroatoms. The van der Waals surface area contributed by atoms with E-state index in [1.54, 1.807) is 18.4 Å². The van der Waals surface area contributed by atoms with Crippen molar-refractivity contribution < 1.29 is 9.57 Å². The zero-order chi connectivity index (χ0) is 10.2. The van der Waals surface area contributed by atoms with Crippen molar-refractivity contribution in [2.75, 3.05) is 26.9 Å². The summed E-state index contributed by atoms with van der Waals surface area (Å²) in [7, 11) is 1.66. The molecule has 0 radical (unpaired) electrons. The third-order valence-corrected chi connectivity index (χ3v) is 2.79. The maximum atomic E-state index is 5.12. The predicted molar refractivity (Wildman–Crippen MR) is 56.4 cm³/mol. The average molecular weight is 216 g/mol. The number of hydrogen-bond acceptors (Lipinski definition) is 5. The van der Waals surface area contributed by atoms with Gasteiger partial charge in [0, 0.05) is 18.5 Å². The van der Waals surface area contributed by atoms with Crippen LogP contribution in [0.15, 0.2) is 5.51 Å². The van der Waals surface area contributed by atoms with Crippen LogP contribution in [0.2, 0.25) is 0 Å². The van der Waals surface area contributed by atoms with Gasteiger partial charge in [-0.3, -0.25) is 4.84 Å². The molecule has 1 aromatic heterocycles. The zero-order valence-electron chi connectivity index (χ0n) is 8.58. The third-order valence-electron chi connectivity index (χ3n) is 1.79. The van der Waals surface area contributed by atoms with Crippen LogP contribution in [0.4, 0.5) is 0 Å². The molecule has 0 saturated heterocycles. The van der Waals surface area contributed by atoms with Gasteiger partial charge < -0.3 is 4.74 Å². The first-order valence-corrected chi connectivity index (χ1v) is 5.45. The second-order valence-corrected chi connectivity index (χ2v) is 3.79. The zero-order valence-corrected chi connectivity index (χ0v) is 9.39. The fourth-order valence-electron chi connectivity index (χ4n) is 1.00. The van der Waals surface area contributed by atoms with E-state index in [0.29, 0.717) is 13.2 Å². The summed E-state index contributed by atoms with van der Waals surface area (Å²) in [5, 5.41) is 0. The molecule has 0 bridgehead atoms. The van der Waals surface area contributed by atoms with Gasteiger partial charge in [-0.2, -0.15) is 0 Å². The fraction of sp³-hybridized carbons (Fsp3) is 0.667. The van der Waals surface area contributed by atoms with Gasteiger partial charge in [-0.05, 0) is 13.3 Å². The molecule has 0 atom stereocenters. The quantitative estimate of drug-likeness (QED) is 0.549. The molecule has 0 unspecified atom stereocenters. The molecule has 0 aromatic carbocycles. The van der Waals surface area contributed by atoms with Gasteiger partial charge in [-0.15, -0.1) is 11.3 Å². The number of nitrogens with zero attached hydrogens (tertiary/aromatic N) is 1. The van der Waals surface area contributed by atoms with Crippen LogP contribution < -0.4 is 5.48 Å². The smallest absolute Gasteiger partial charge is 0.0915 e. The van der Waals surface area contributed by atoms with Crippen LogP contribution in [0.3, 0.4) is 0 Å². The van der Waals surface area contributed by atoms with Crippen molar-refractivity contribution in [1.82, 2.24) is 10.5 Å². The molecule has 4 nitrogen and oxygen atoms in total. The van der Waals surface area contributed by atoms with Crippen molar-refractivity contribution in [1.29, 1.82) is 0 Å². The van der Waals surface area contributed by atoms with E-state index in [-0.39, 0.29) is 0 Å². The number of aryl methyl sites for hydroxylation is 1. The van der Waals surface area contributed by atoms with E-state index in [9.17, 15) is 0 Å². The Morgan fingerprint density at radius 2 is 2.36 bits per heavy atom. The summed E-state index contributed by atoms with van der Waals surface area (Å²) in [4.78, 5) is 10.6. The molecule has 0 aliphatic carbocycles. The number of aromatic nitrogens is 1. The molecule has 0 amide bonds. The van der Waals surface area contributed by atoms with Gasteiger partial charge in [0.05, 0.1) is 24.4 Å². The maximum absolute atomic E-state index is 5.12. The highest BCUT2D eigenvalue weighted by Gasteiger charge is 1.99. The highest BCUT2D eigenvalue weighted by atomic mass is 32.1. The van der Waals surface area contributed by atoms with Crippen LogP contribution in [0.5, 0.6) is 0 Å². The molecular weight excluding hydrogens is 200 g/mol. The monoisotopic (exact) mass is 216 g/mol.